The van der Waals surface area contributed by atoms with E-state index >= 15 is 0 Å². The Morgan fingerprint density at radius 3 is 3.31 bits per heavy atom. The molecular formula is C11H14N4O. The number of aromatic nitrogens is 3. The molecule has 1 atom stereocenters. The Balaban J connectivity index is 1.69. The van der Waals surface area contributed by atoms with Crippen LogP contribution in [0.25, 0.3) is 11.2 Å². The second kappa shape index (κ2) is 4.09. The summed E-state index contributed by atoms with van der Waals surface area (Å²) in [5, 5.41) is 3.38. The van der Waals surface area contributed by atoms with E-state index in [1.165, 1.54) is 12.8 Å². The molecule has 0 amide bonds. The first-order valence-corrected chi connectivity index (χ1v) is 5.59. The Labute approximate surface area is 93.2 Å². The molecular weight excluding hydrogens is 204 g/mol. The minimum absolute atomic E-state index is 0.459. The molecule has 0 unspecified atom stereocenters. The van der Waals surface area contributed by atoms with Crippen molar-refractivity contribution in [3.8, 4) is 6.01 Å². The van der Waals surface area contributed by atoms with Crippen molar-refractivity contribution in [3.63, 3.8) is 0 Å². The second-order valence-electron chi connectivity index (χ2n) is 4.02. The van der Waals surface area contributed by atoms with E-state index in [4.69, 9.17) is 4.74 Å². The molecule has 3 heterocycles. The van der Waals surface area contributed by atoms with Gasteiger partial charge in [-0.05, 0) is 31.5 Å². The number of fused-ring (bicyclic) bond motifs is 1. The number of aromatic amines is 1. The van der Waals surface area contributed by atoms with Crippen molar-refractivity contribution in [1.29, 1.82) is 0 Å². The normalized spacial score (nSPS) is 20.4. The molecule has 0 aromatic carbocycles. The van der Waals surface area contributed by atoms with Crippen LogP contribution < -0.4 is 10.1 Å². The first kappa shape index (κ1) is 9.59. The van der Waals surface area contributed by atoms with Gasteiger partial charge >= 0.3 is 0 Å². The lowest BCUT2D eigenvalue weighted by atomic mass is 10.2. The van der Waals surface area contributed by atoms with Crippen molar-refractivity contribution in [3.05, 3.63) is 18.3 Å². The SMILES string of the molecule is c1cnc2nc(OC[C@@H]3CCCN3)[nH]c2c1. The molecule has 5 heteroatoms. The summed E-state index contributed by atoms with van der Waals surface area (Å²) in [7, 11) is 0. The van der Waals surface area contributed by atoms with Gasteiger partial charge in [0.05, 0.1) is 5.52 Å². The summed E-state index contributed by atoms with van der Waals surface area (Å²) >= 11 is 0. The number of imidazole rings is 1. The van der Waals surface area contributed by atoms with Crippen LogP contribution in [0.1, 0.15) is 12.8 Å². The zero-order valence-corrected chi connectivity index (χ0v) is 8.94. The maximum atomic E-state index is 5.61. The quantitative estimate of drug-likeness (QED) is 0.809. The van der Waals surface area contributed by atoms with E-state index in [-0.39, 0.29) is 0 Å². The molecule has 5 nitrogen and oxygen atoms in total. The smallest absolute Gasteiger partial charge is 0.296 e. The summed E-state index contributed by atoms with van der Waals surface area (Å²) in [6.45, 7) is 1.76. The van der Waals surface area contributed by atoms with Crippen molar-refractivity contribution in [2.75, 3.05) is 13.2 Å². The number of H-pyrrole nitrogens is 1. The molecule has 1 saturated heterocycles. The highest BCUT2D eigenvalue weighted by Gasteiger charge is 2.15. The Bertz CT molecular complexity index is 443. The van der Waals surface area contributed by atoms with Crippen LogP contribution in [0.3, 0.4) is 0 Å². The monoisotopic (exact) mass is 218 g/mol. The molecule has 0 aliphatic carbocycles. The maximum Gasteiger partial charge on any atom is 0.296 e. The summed E-state index contributed by atoms with van der Waals surface area (Å²) in [5.41, 5.74) is 1.62. The predicted octanol–water partition coefficient (Wildman–Crippen LogP) is 1.09. The fourth-order valence-electron chi connectivity index (χ4n) is 1.97. The molecule has 2 aromatic heterocycles. The van der Waals surface area contributed by atoms with E-state index in [2.05, 4.69) is 20.3 Å². The van der Waals surface area contributed by atoms with Crippen molar-refractivity contribution < 1.29 is 4.74 Å². The maximum absolute atomic E-state index is 5.61. The van der Waals surface area contributed by atoms with Crippen LogP contribution in [0.15, 0.2) is 18.3 Å². The summed E-state index contributed by atoms with van der Waals surface area (Å²) in [6.07, 6.45) is 4.14. The Kier molecular flexibility index (Phi) is 2.46. The number of rotatable bonds is 3. The highest BCUT2D eigenvalue weighted by atomic mass is 16.5. The number of hydrogen-bond acceptors (Lipinski definition) is 4. The molecule has 2 aromatic rings. The van der Waals surface area contributed by atoms with Crippen molar-refractivity contribution in [1.82, 2.24) is 20.3 Å². The van der Waals surface area contributed by atoms with Gasteiger partial charge in [-0.2, -0.15) is 4.98 Å². The molecule has 0 bridgehead atoms. The second-order valence-corrected chi connectivity index (χ2v) is 4.02. The van der Waals surface area contributed by atoms with Crippen LogP contribution in [0.2, 0.25) is 0 Å². The summed E-state index contributed by atoms with van der Waals surface area (Å²) in [6, 6.07) is 4.84. The van der Waals surface area contributed by atoms with E-state index in [9.17, 15) is 0 Å². The lowest BCUT2D eigenvalue weighted by Crippen LogP contribution is -2.28. The zero-order valence-electron chi connectivity index (χ0n) is 8.94. The number of nitrogens with one attached hydrogen (secondary N) is 2. The van der Waals surface area contributed by atoms with Gasteiger partial charge in [0, 0.05) is 12.2 Å². The van der Waals surface area contributed by atoms with Gasteiger partial charge in [-0.15, -0.1) is 0 Å². The van der Waals surface area contributed by atoms with Crippen LogP contribution in [-0.2, 0) is 0 Å². The molecule has 0 saturated carbocycles. The van der Waals surface area contributed by atoms with Gasteiger partial charge in [-0.1, -0.05) is 0 Å². The highest BCUT2D eigenvalue weighted by molar-refractivity contribution is 5.70. The average Bonchev–Trinajstić information content (AvgIpc) is 2.95. The lowest BCUT2D eigenvalue weighted by Gasteiger charge is -2.09. The van der Waals surface area contributed by atoms with Crippen molar-refractivity contribution in [2.24, 2.45) is 0 Å². The fourth-order valence-corrected chi connectivity index (χ4v) is 1.97. The van der Waals surface area contributed by atoms with Gasteiger partial charge in [0.15, 0.2) is 5.65 Å². The Morgan fingerprint density at radius 1 is 1.50 bits per heavy atom. The molecule has 2 N–H and O–H groups in total. The van der Waals surface area contributed by atoms with Gasteiger partial charge in [0.2, 0.25) is 0 Å². The van der Waals surface area contributed by atoms with E-state index in [1.54, 1.807) is 6.20 Å². The van der Waals surface area contributed by atoms with Gasteiger partial charge in [0.25, 0.3) is 6.01 Å². The summed E-state index contributed by atoms with van der Waals surface area (Å²) in [4.78, 5) is 11.5. The minimum Gasteiger partial charge on any atom is -0.463 e. The van der Waals surface area contributed by atoms with Gasteiger partial charge in [-0.25, -0.2) is 4.98 Å². The molecule has 0 radical (unpaired) electrons. The fraction of sp³-hybridized carbons (Fsp3) is 0.455. The summed E-state index contributed by atoms with van der Waals surface area (Å²) < 4.78 is 5.61. The van der Waals surface area contributed by atoms with Gasteiger partial charge < -0.3 is 15.0 Å². The molecule has 84 valence electrons. The number of nitrogens with zero attached hydrogens (tertiary/aromatic N) is 2. The largest absolute Gasteiger partial charge is 0.463 e. The number of pyridine rings is 1. The van der Waals surface area contributed by atoms with Crippen molar-refractivity contribution in [2.45, 2.75) is 18.9 Å². The highest BCUT2D eigenvalue weighted by Crippen LogP contribution is 2.13. The van der Waals surface area contributed by atoms with Gasteiger partial charge in [0.1, 0.15) is 6.61 Å². The van der Waals surface area contributed by atoms with E-state index < -0.39 is 0 Å². The van der Waals surface area contributed by atoms with E-state index in [0.717, 1.165) is 12.1 Å². The van der Waals surface area contributed by atoms with Gasteiger partial charge in [-0.3, -0.25) is 0 Å². The first-order valence-electron chi connectivity index (χ1n) is 5.59. The third-order valence-corrected chi connectivity index (χ3v) is 2.82. The predicted molar refractivity (Wildman–Crippen MR) is 60.4 cm³/mol. The lowest BCUT2D eigenvalue weighted by molar-refractivity contribution is 0.260. The molecule has 1 fully saturated rings. The molecule has 1 aliphatic rings. The summed E-state index contributed by atoms with van der Waals surface area (Å²) in [5.74, 6) is 0. The van der Waals surface area contributed by atoms with Crippen LogP contribution in [0.4, 0.5) is 0 Å². The molecule has 1 aliphatic heterocycles. The minimum atomic E-state index is 0.459. The molecule has 16 heavy (non-hydrogen) atoms. The third-order valence-electron chi connectivity index (χ3n) is 2.82. The van der Waals surface area contributed by atoms with Crippen LogP contribution in [0.5, 0.6) is 6.01 Å². The topological polar surface area (TPSA) is 62.8 Å². The van der Waals surface area contributed by atoms with E-state index in [1.807, 2.05) is 12.1 Å². The molecule has 0 spiro atoms. The Hall–Kier alpha value is -1.62. The molecule has 3 rings (SSSR count). The third kappa shape index (κ3) is 1.86. The standard InChI is InChI=1S/C11H14N4O/c1-3-8(12-5-1)7-16-11-14-9-4-2-6-13-10(9)15-11/h2,4,6,8,12H,1,3,5,7H2,(H,13,14,15)/t8-/m0/s1. The van der Waals surface area contributed by atoms with Crippen LogP contribution in [0, 0.1) is 0 Å². The van der Waals surface area contributed by atoms with Crippen LogP contribution in [-0.4, -0.2) is 34.1 Å². The van der Waals surface area contributed by atoms with Crippen molar-refractivity contribution >= 4 is 11.2 Å². The first-order chi connectivity index (χ1) is 7.92. The Morgan fingerprint density at radius 2 is 2.50 bits per heavy atom. The zero-order chi connectivity index (χ0) is 10.8. The van der Waals surface area contributed by atoms with Crippen LogP contribution >= 0.6 is 0 Å². The van der Waals surface area contributed by atoms with E-state index in [0.29, 0.717) is 24.3 Å². The number of hydrogen-bond donors (Lipinski definition) is 2. The average molecular weight is 218 g/mol. The number of ether oxygens (including phenoxy) is 1.